The van der Waals surface area contributed by atoms with Gasteiger partial charge in [-0.3, -0.25) is 14.4 Å². The molecule has 2 aromatic rings. The van der Waals surface area contributed by atoms with E-state index in [2.05, 4.69) is 0 Å². The van der Waals surface area contributed by atoms with E-state index in [0.717, 1.165) is 6.92 Å². The summed E-state index contributed by atoms with van der Waals surface area (Å²) >= 11 is 0. The zero-order valence-corrected chi connectivity index (χ0v) is 15.1. The summed E-state index contributed by atoms with van der Waals surface area (Å²) in [6.07, 6.45) is -2.60. The number of rotatable bonds is 2. The molecule has 2 aliphatic carbocycles. The maximum absolute atomic E-state index is 13.3. The number of phenols is 2. The lowest BCUT2D eigenvalue weighted by molar-refractivity contribution is -0.139. The summed E-state index contributed by atoms with van der Waals surface area (Å²) in [5, 5.41) is 42.8. The summed E-state index contributed by atoms with van der Waals surface area (Å²) in [5.74, 6) is -4.51. The molecule has 0 aliphatic heterocycles. The summed E-state index contributed by atoms with van der Waals surface area (Å²) in [4.78, 5) is 38.4. The Morgan fingerprint density at radius 1 is 1.17 bits per heavy atom. The van der Waals surface area contributed by atoms with Crippen molar-refractivity contribution in [3.05, 3.63) is 51.6 Å². The number of hydrogen-bond donors (Lipinski definition) is 4. The monoisotopic (exact) mass is 402 g/mol. The van der Waals surface area contributed by atoms with Gasteiger partial charge in [0.1, 0.15) is 22.8 Å². The topological polar surface area (TPSA) is 141 Å². The quantitative estimate of drug-likeness (QED) is 0.370. The summed E-state index contributed by atoms with van der Waals surface area (Å²) in [5.41, 5.74) is -4.38. The fourth-order valence-electron chi connectivity index (χ4n) is 4.13. The fourth-order valence-corrected chi connectivity index (χ4v) is 4.13. The zero-order valence-electron chi connectivity index (χ0n) is 18.1. The molecule has 29 heavy (non-hydrogen) atoms. The molecule has 8 nitrogen and oxygen atoms in total. The van der Waals surface area contributed by atoms with Gasteiger partial charge in [-0.25, -0.2) is 0 Å². The molecule has 0 heterocycles. The van der Waals surface area contributed by atoms with Crippen molar-refractivity contribution in [3.8, 4) is 17.2 Å². The summed E-state index contributed by atoms with van der Waals surface area (Å²) in [6.45, 7) is 1.10. The van der Waals surface area contributed by atoms with E-state index >= 15 is 0 Å². The molecule has 0 fully saturated rings. The second kappa shape index (κ2) is 6.13. The molecule has 4 rings (SSSR count). The van der Waals surface area contributed by atoms with E-state index in [-0.39, 0.29) is 16.7 Å². The molecule has 0 unspecified atom stereocenters. The Morgan fingerprint density at radius 3 is 2.52 bits per heavy atom. The van der Waals surface area contributed by atoms with E-state index in [1.54, 1.807) is 0 Å². The van der Waals surface area contributed by atoms with Gasteiger partial charge in [0.05, 0.1) is 33.9 Å². The van der Waals surface area contributed by atoms with Gasteiger partial charge in [-0.15, -0.1) is 0 Å². The van der Waals surface area contributed by atoms with Crippen LogP contribution in [0.5, 0.6) is 17.2 Å². The Kier molecular flexibility index (Phi) is 3.31. The van der Waals surface area contributed by atoms with Crippen molar-refractivity contribution in [2.45, 2.75) is 31.5 Å². The number of carbonyl (C=O) groups is 3. The molecule has 0 saturated heterocycles. The maximum atomic E-state index is 13.3. The molecule has 4 N–H and O–H groups in total. The highest BCUT2D eigenvalue weighted by molar-refractivity contribution is 6.31. The first-order valence-corrected chi connectivity index (χ1v) is 8.70. The van der Waals surface area contributed by atoms with Crippen LogP contribution in [0.3, 0.4) is 0 Å². The average molecular weight is 402 g/mol. The number of aliphatic hydroxyl groups is 2. The molecule has 0 radical (unpaired) electrons. The zero-order chi connectivity index (χ0) is 23.7. The first-order valence-electron chi connectivity index (χ1n) is 10.2. The van der Waals surface area contributed by atoms with Crippen LogP contribution in [0.2, 0.25) is 0 Å². The Morgan fingerprint density at radius 2 is 1.86 bits per heavy atom. The Balaban J connectivity index is 1.99. The van der Waals surface area contributed by atoms with Crippen LogP contribution in [-0.4, -0.2) is 50.4 Å². The SMILES string of the molecule is [2H][13C]([2H])([2H])Oc1cccc2c1C(=O)c1c(O)c3c(c(O)c1C2=O)C[C@](O)(C(C)=O)C[C@H]3O. The number of aliphatic hydroxyl groups excluding tert-OH is 1. The van der Waals surface area contributed by atoms with Gasteiger partial charge in [0.2, 0.25) is 5.78 Å². The van der Waals surface area contributed by atoms with Gasteiger partial charge >= 0.3 is 0 Å². The van der Waals surface area contributed by atoms with Gasteiger partial charge in [0.25, 0.3) is 0 Å². The molecular weight excluding hydrogens is 381 g/mol. The Labute approximate surface area is 169 Å². The predicted molar refractivity (Wildman–Crippen MR) is 98.5 cm³/mol. The van der Waals surface area contributed by atoms with Crippen LogP contribution < -0.4 is 4.74 Å². The summed E-state index contributed by atoms with van der Waals surface area (Å²) in [6, 6.07) is 3.71. The second-order valence-electron chi connectivity index (χ2n) is 7.26. The fraction of sp³-hybridized carbons (Fsp3) is 0.286. The number of Topliss-reactive ketones (excluding diaryl/α,β-unsaturated/α-hetero) is 1. The van der Waals surface area contributed by atoms with Crippen LogP contribution in [0.4, 0.5) is 0 Å². The number of phenolic OH excluding ortho intramolecular Hbond substituents is 2. The lowest BCUT2D eigenvalue weighted by Gasteiger charge is -2.36. The molecule has 0 amide bonds. The smallest absolute Gasteiger partial charge is 0.202 e. The normalized spacial score (nSPS) is 24.5. The lowest BCUT2D eigenvalue weighted by Crippen LogP contribution is -2.44. The number of ketones is 3. The molecule has 2 aromatic carbocycles. The van der Waals surface area contributed by atoms with Crippen molar-refractivity contribution in [1.29, 1.82) is 0 Å². The first kappa shape index (κ1) is 15.7. The van der Waals surface area contributed by atoms with Crippen LogP contribution >= 0.6 is 0 Å². The van der Waals surface area contributed by atoms with Crippen molar-refractivity contribution in [1.82, 2.24) is 0 Å². The van der Waals surface area contributed by atoms with Gasteiger partial charge in [0.15, 0.2) is 11.6 Å². The highest BCUT2D eigenvalue weighted by Gasteiger charge is 2.47. The minimum atomic E-state index is -2.92. The molecule has 0 saturated carbocycles. The third kappa shape index (κ3) is 2.43. The minimum Gasteiger partial charge on any atom is -0.507 e. The molecule has 8 heteroatoms. The third-order valence-corrected chi connectivity index (χ3v) is 5.64. The van der Waals surface area contributed by atoms with Crippen molar-refractivity contribution < 1.29 is 43.7 Å². The number of carbonyl (C=O) groups excluding carboxylic acids is 3. The second-order valence-corrected chi connectivity index (χ2v) is 7.26. The minimum absolute atomic E-state index is 0.225. The van der Waals surface area contributed by atoms with Gasteiger partial charge in [-0.2, -0.15) is 0 Å². The first-order chi connectivity index (χ1) is 14.8. The summed E-state index contributed by atoms with van der Waals surface area (Å²) < 4.78 is 26.7. The van der Waals surface area contributed by atoms with Crippen molar-refractivity contribution in [2.75, 3.05) is 7.04 Å². The van der Waals surface area contributed by atoms with Crippen LogP contribution in [-0.2, 0) is 11.2 Å². The third-order valence-electron chi connectivity index (χ3n) is 5.64. The molecule has 2 aliphatic rings. The number of fused-ring (bicyclic) bond motifs is 3. The van der Waals surface area contributed by atoms with Crippen molar-refractivity contribution in [3.63, 3.8) is 0 Å². The predicted octanol–water partition coefficient (Wildman–Crippen LogP) is 1.18. The highest BCUT2D eigenvalue weighted by atomic mass is 16.5. The van der Waals surface area contributed by atoms with Crippen LogP contribution in [0.25, 0.3) is 0 Å². The van der Waals surface area contributed by atoms with E-state index in [0.29, 0.717) is 0 Å². The molecular formula is C21H18O8. The molecule has 2 atom stereocenters. The number of hydrogen-bond acceptors (Lipinski definition) is 8. The molecule has 0 aromatic heterocycles. The molecule has 150 valence electrons. The molecule has 0 spiro atoms. The Bertz CT molecular complexity index is 1220. The highest BCUT2D eigenvalue weighted by Crippen LogP contribution is 2.50. The van der Waals surface area contributed by atoms with Crippen LogP contribution in [0.15, 0.2) is 18.2 Å². The van der Waals surface area contributed by atoms with E-state index < -0.39 is 82.9 Å². The largest absolute Gasteiger partial charge is 0.507 e. The van der Waals surface area contributed by atoms with Gasteiger partial charge < -0.3 is 25.2 Å². The van der Waals surface area contributed by atoms with E-state index in [1.807, 2.05) is 0 Å². The number of benzene rings is 2. The van der Waals surface area contributed by atoms with Gasteiger partial charge in [-0.1, -0.05) is 12.1 Å². The number of ether oxygens (including phenoxy) is 1. The standard InChI is InChI=1S/C21H18O8/c1-8(22)21(28)6-10-13(11(23)7-21)19(26)16-15(18(10)25)17(24)9-4-3-5-12(29-2)14(9)20(16)27/h3-5,11,23,25-26,28H,6-7H2,1-2H3/t11-,21-/m1/s1/i2+1D3. The Hall–Kier alpha value is -3.23. The van der Waals surface area contributed by atoms with Crippen LogP contribution in [0.1, 0.15) is 66.5 Å². The average Bonchev–Trinajstić information content (AvgIpc) is 2.66. The number of methoxy groups -OCH3 is 1. The van der Waals surface area contributed by atoms with Crippen molar-refractivity contribution >= 4 is 17.3 Å². The molecule has 0 bridgehead atoms. The maximum Gasteiger partial charge on any atom is 0.202 e. The van der Waals surface area contributed by atoms with Crippen molar-refractivity contribution in [2.24, 2.45) is 0 Å². The van der Waals surface area contributed by atoms with Gasteiger partial charge in [0, 0.05) is 29.5 Å². The van der Waals surface area contributed by atoms with Crippen LogP contribution in [0, 0.1) is 0 Å². The van der Waals surface area contributed by atoms with E-state index in [4.69, 9.17) is 8.85 Å². The van der Waals surface area contributed by atoms with E-state index in [1.165, 1.54) is 18.2 Å². The van der Waals surface area contributed by atoms with E-state index in [9.17, 15) is 34.8 Å². The van der Waals surface area contributed by atoms with Gasteiger partial charge in [-0.05, 0) is 13.0 Å². The summed E-state index contributed by atoms with van der Waals surface area (Å²) in [7, 11) is -2.92. The number of aromatic hydroxyl groups is 2. The lowest BCUT2D eigenvalue weighted by atomic mass is 9.72.